The number of likely N-dealkylation sites (tertiary alicyclic amines) is 1. The smallest absolute Gasteiger partial charge is 0.258 e. The molecule has 0 spiro atoms. The van der Waals surface area contributed by atoms with E-state index in [1.807, 2.05) is 24.3 Å². The van der Waals surface area contributed by atoms with E-state index < -0.39 is 0 Å². The molecule has 1 saturated heterocycles. The minimum absolute atomic E-state index is 0.0380. The minimum atomic E-state index is -0.0380. The van der Waals surface area contributed by atoms with Gasteiger partial charge in [-0.1, -0.05) is 28.9 Å². The van der Waals surface area contributed by atoms with Crippen molar-refractivity contribution < 1.29 is 9.53 Å². The van der Waals surface area contributed by atoms with Gasteiger partial charge in [0.2, 0.25) is 0 Å². The molecule has 116 valence electrons. The van der Waals surface area contributed by atoms with E-state index in [2.05, 4.69) is 33.1 Å². The number of carbonyl (C=O) groups excluding carboxylic acids is 1. The van der Waals surface area contributed by atoms with Crippen molar-refractivity contribution in [2.24, 2.45) is 0 Å². The van der Waals surface area contributed by atoms with Crippen LogP contribution >= 0.6 is 15.9 Å². The van der Waals surface area contributed by atoms with Crippen molar-refractivity contribution in [2.75, 3.05) is 26.2 Å². The third-order valence-electron chi connectivity index (χ3n) is 3.66. The lowest BCUT2D eigenvalue weighted by atomic mass is 10.0. The normalized spacial score (nSPS) is 16.7. The molecule has 0 aliphatic carbocycles. The molecule has 0 atom stereocenters. The van der Waals surface area contributed by atoms with Gasteiger partial charge in [-0.05, 0) is 44.0 Å². The van der Waals surface area contributed by atoms with Crippen LogP contribution in [0.3, 0.4) is 0 Å². The van der Waals surface area contributed by atoms with E-state index in [1.165, 1.54) is 6.42 Å². The summed E-state index contributed by atoms with van der Waals surface area (Å²) in [5.41, 5.74) is 0. The van der Waals surface area contributed by atoms with Crippen molar-refractivity contribution in [3.63, 3.8) is 0 Å². The first-order valence-electron chi connectivity index (χ1n) is 7.57. The summed E-state index contributed by atoms with van der Waals surface area (Å²) in [4.78, 5) is 14.4. The van der Waals surface area contributed by atoms with Crippen molar-refractivity contribution in [3.05, 3.63) is 28.7 Å². The number of carbonyl (C=O) groups is 1. The molecule has 0 aromatic heterocycles. The molecule has 1 fully saturated rings. The number of halogens is 1. The fourth-order valence-electron chi connectivity index (χ4n) is 2.59. The number of nitrogens with one attached hydrogen (secondary N) is 1. The van der Waals surface area contributed by atoms with Gasteiger partial charge in [0.15, 0.2) is 6.61 Å². The highest BCUT2D eigenvalue weighted by Crippen LogP contribution is 2.17. The number of ether oxygens (including phenoxy) is 1. The fraction of sp³-hybridized carbons (Fsp3) is 0.562. The molecule has 1 heterocycles. The summed E-state index contributed by atoms with van der Waals surface area (Å²) in [6.45, 7) is 5.59. The van der Waals surface area contributed by atoms with Crippen LogP contribution in [0.2, 0.25) is 0 Å². The highest BCUT2D eigenvalue weighted by Gasteiger charge is 2.20. The summed E-state index contributed by atoms with van der Waals surface area (Å²) in [5, 5.41) is 3.06. The van der Waals surface area contributed by atoms with Gasteiger partial charge in [-0.3, -0.25) is 4.79 Å². The van der Waals surface area contributed by atoms with Gasteiger partial charge in [0.1, 0.15) is 5.75 Å². The molecule has 0 unspecified atom stereocenters. The summed E-state index contributed by atoms with van der Waals surface area (Å²) in [6, 6.07) is 7.81. The third-order valence-corrected chi connectivity index (χ3v) is 4.15. The lowest BCUT2D eigenvalue weighted by Gasteiger charge is -2.32. The minimum Gasteiger partial charge on any atom is -0.484 e. The van der Waals surface area contributed by atoms with Crippen molar-refractivity contribution in [2.45, 2.75) is 32.2 Å². The molecule has 1 aliphatic rings. The SMILES string of the molecule is CCCN1CCC(NC(=O)COc2cccc(Br)c2)CC1. The Balaban J connectivity index is 1.68. The fourth-order valence-corrected chi connectivity index (χ4v) is 2.97. The summed E-state index contributed by atoms with van der Waals surface area (Å²) in [6.07, 6.45) is 3.25. The molecule has 1 aromatic rings. The van der Waals surface area contributed by atoms with Crippen LogP contribution in [0.15, 0.2) is 28.7 Å². The Kier molecular flexibility index (Phi) is 6.51. The van der Waals surface area contributed by atoms with Gasteiger partial charge in [-0.15, -0.1) is 0 Å². The maximum atomic E-state index is 11.9. The van der Waals surface area contributed by atoms with Crippen LogP contribution in [0.1, 0.15) is 26.2 Å². The van der Waals surface area contributed by atoms with E-state index in [0.29, 0.717) is 5.75 Å². The monoisotopic (exact) mass is 354 g/mol. The molecule has 0 saturated carbocycles. The Labute approximate surface area is 135 Å². The van der Waals surface area contributed by atoms with Gasteiger partial charge < -0.3 is 15.0 Å². The number of benzene rings is 1. The van der Waals surface area contributed by atoms with E-state index in [-0.39, 0.29) is 18.6 Å². The Bertz CT molecular complexity index is 459. The molecule has 1 aliphatic heterocycles. The zero-order chi connectivity index (χ0) is 15.1. The van der Waals surface area contributed by atoms with Crippen LogP contribution in [0.25, 0.3) is 0 Å². The van der Waals surface area contributed by atoms with Crippen LogP contribution in [0, 0.1) is 0 Å². The van der Waals surface area contributed by atoms with Gasteiger partial charge in [0.25, 0.3) is 5.91 Å². The Morgan fingerprint density at radius 3 is 2.86 bits per heavy atom. The predicted molar refractivity (Wildman–Crippen MR) is 87.5 cm³/mol. The lowest BCUT2D eigenvalue weighted by Crippen LogP contribution is -2.46. The van der Waals surface area contributed by atoms with Crippen LogP contribution in [0.5, 0.6) is 5.75 Å². The van der Waals surface area contributed by atoms with Crippen molar-refractivity contribution in [1.29, 1.82) is 0 Å². The van der Waals surface area contributed by atoms with Crippen molar-refractivity contribution >= 4 is 21.8 Å². The second-order valence-electron chi connectivity index (χ2n) is 5.43. The first-order chi connectivity index (χ1) is 10.2. The van der Waals surface area contributed by atoms with Crippen LogP contribution < -0.4 is 10.1 Å². The average Bonchev–Trinajstić information content (AvgIpc) is 2.48. The zero-order valence-electron chi connectivity index (χ0n) is 12.5. The van der Waals surface area contributed by atoms with Gasteiger partial charge in [-0.25, -0.2) is 0 Å². The molecule has 0 bridgehead atoms. The van der Waals surface area contributed by atoms with Crippen molar-refractivity contribution in [3.8, 4) is 5.75 Å². The summed E-state index contributed by atoms with van der Waals surface area (Å²) >= 11 is 3.38. The standard InChI is InChI=1S/C16H23BrN2O2/c1-2-8-19-9-6-14(7-10-19)18-16(20)12-21-15-5-3-4-13(17)11-15/h3-5,11,14H,2,6-10,12H2,1H3,(H,18,20). The Morgan fingerprint density at radius 1 is 1.43 bits per heavy atom. The average molecular weight is 355 g/mol. The number of nitrogens with zero attached hydrogens (tertiary/aromatic N) is 1. The summed E-state index contributed by atoms with van der Waals surface area (Å²) in [7, 11) is 0. The second kappa shape index (κ2) is 8.39. The van der Waals surface area contributed by atoms with Crippen LogP contribution in [-0.4, -0.2) is 43.1 Å². The maximum Gasteiger partial charge on any atom is 0.258 e. The first kappa shape index (κ1) is 16.3. The number of hydrogen-bond donors (Lipinski definition) is 1. The van der Waals surface area contributed by atoms with Gasteiger partial charge in [0, 0.05) is 23.6 Å². The number of amides is 1. The molecule has 1 amide bonds. The maximum absolute atomic E-state index is 11.9. The number of piperidine rings is 1. The third kappa shape index (κ3) is 5.67. The van der Waals surface area contributed by atoms with Crippen LogP contribution in [-0.2, 0) is 4.79 Å². The quantitative estimate of drug-likeness (QED) is 0.853. The first-order valence-corrected chi connectivity index (χ1v) is 8.36. The predicted octanol–water partition coefficient (Wildman–Crippen LogP) is 2.82. The second-order valence-corrected chi connectivity index (χ2v) is 6.35. The highest BCUT2D eigenvalue weighted by atomic mass is 79.9. The van der Waals surface area contributed by atoms with E-state index >= 15 is 0 Å². The Hall–Kier alpha value is -1.07. The van der Waals surface area contributed by atoms with Crippen LogP contribution in [0.4, 0.5) is 0 Å². The number of hydrogen-bond acceptors (Lipinski definition) is 3. The molecule has 21 heavy (non-hydrogen) atoms. The van der Waals surface area contributed by atoms with E-state index in [1.54, 1.807) is 0 Å². The molecule has 0 radical (unpaired) electrons. The molecular formula is C16H23BrN2O2. The Morgan fingerprint density at radius 2 is 2.19 bits per heavy atom. The molecule has 5 heteroatoms. The molecule has 2 rings (SSSR count). The molecule has 1 N–H and O–H groups in total. The molecule has 4 nitrogen and oxygen atoms in total. The van der Waals surface area contributed by atoms with E-state index in [0.717, 1.165) is 36.9 Å². The number of rotatable bonds is 6. The van der Waals surface area contributed by atoms with Gasteiger partial charge >= 0.3 is 0 Å². The van der Waals surface area contributed by atoms with E-state index in [9.17, 15) is 4.79 Å². The topological polar surface area (TPSA) is 41.6 Å². The van der Waals surface area contributed by atoms with Crippen molar-refractivity contribution in [1.82, 2.24) is 10.2 Å². The zero-order valence-corrected chi connectivity index (χ0v) is 14.1. The lowest BCUT2D eigenvalue weighted by molar-refractivity contribution is -0.124. The summed E-state index contributed by atoms with van der Waals surface area (Å²) in [5.74, 6) is 0.668. The summed E-state index contributed by atoms with van der Waals surface area (Å²) < 4.78 is 6.45. The highest BCUT2D eigenvalue weighted by molar-refractivity contribution is 9.10. The van der Waals surface area contributed by atoms with Gasteiger partial charge in [-0.2, -0.15) is 0 Å². The molecule has 1 aromatic carbocycles. The molecular weight excluding hydrogens is 332 g/mol. The van der Waals surface area contributed by atoms with E-state index in [4.69, 9.17) is 4.74 Å². The van der Waals surface area contributed by atoms with Gasteiger partial charge in [0.05, 0.1) is 0 Å². The largest absolute Gasteiger partial charge is 0.484 e.